The number of hydrogen-bond acceptors (Lipinski definition) is 6. The van der Waals surface area contributed by atoms with Crippen molar-refractivity contribution in [3.8, 4) is 0 Å². The summed E-state index contributed by atoms with van der Waals surface area (Å²) in [5.41, 5.74) is 1.23. The fraction of sp³-hybridized carbons (Fsp3) is 0.600. The van der Waals surface area contributed by atoms with Crippen LogP contribution >= 0.6 is 22.7 Å². The SMILES string of the molecule is CCc1ccc(CN(CCC(=O)[O-])c2nc(C3CC4CCC3C4)cs2)s1.[Na+]. The molecule has 140 valence electrons. The quantitative estimate of drug-likeness (QED) is 0.603. The van der Waals surface area contributed by atoms with Crippen LogP contribution in [0.4, 0.5) is 5.13 Å². The Balaban J connectivity index is 0.00000210. The molecule has 3 unspecified atom stereocenters. The number of aromatic nitrogens is 1. The van der Waals surface area contributed by atoms with E-state index in [-0.39, 0.29) is 36.0 Å². The van der Waals surface area contributed by atoms with Crippen LogP contribution in [-0.2, 0) is 17.8 Å². The van der Waals surface area contributed by atoms with E-state index in [0.717, 1.165) is 29.9 Å². The second kappa shape index (κ2) is 9.40. The van der Waals surface area contributed by atoms with Crippen LogP contribution in [-0.4, -0.2) is 17.5 Å². The van der Waals surface area contributed by atoms with Crippen LogP contribution in [0, 0.1) is 11.8 Å². The second-order valence-corrected chi connectivity index (χ2v) is 9.69. The Morgan fingerprint density at radius 3 is 2.74 bits per heavy atom. The topological polar surface area (TPSA) is 56.3 Å². The number of thiazole rings is 1. The normalized spacial score (nSPS) is 23.4. The average Bonchev–Trinajstić information content (AvgIpc) is 3.42. The van der Waals surface area contributed by atoms with E-state index in [4.69, 9.17) is 4.98 Å². The van der Waals surface area contributed by atoms with Gasteiger partial charge in [0.25, 0.3) is 0 Å². The molecule has 0 amide bonds. The summed E-state index contributed by atoms with van der Waals surface area (Å²) in [6.45, 7) is 3.33. The first-order valence-corrected chi connectivity index (χ1v) is 11.3. The van der Waals surface area contributed by atoms with Crippen molar-refractivity contribution < 1.29 is 39.5 Å². The molecule has 4 rings (SSSR count). The van der Waals surface area contributed by atoms with Crippen molar-refractivity contribution in [3.05, 3.63) is 33.0 Å². The van der Waals surface area contributed by atoms with Gasteiger partial charge in [0.15, 0.2) is 5.13 Å². The Kier molecular flexibility index (Phi) is 7.42. The van der Waals surface area contributed by atoms with Crippen LogP contribution in [0.1, 0.15) is 60.4 Å². The maximum atomic E-state index is 11.0. The molecule has 0 aromatic carbocycles. The van der Waals surface area contributed by atoms with Crippen LogP contribution in [0.15, 0.2) is 17.5 Å². The van der Waals surface area contributed by atoms with Crippen molar-refractivity contribution in [3.63, 3.8) is 0 Å². The Morgan fingerprint density at radius 1 is 1.30 bits per heavy atom. The number of nitrogens with zero attached hydrogens (tertiary/aromatic N) is 2. The van der Waals surface area contributed by atoms with Crippen LogP contribution in [0.3, 0.4) is 0 Å². The van der Waals surface area contributed by atoms with Gasteiger partial charge >= 0.3 is 29.6 Å². The number of fused-ring (bicyclic) bond motifs is 2. The van der Waals surface area contributed by atoms with E-state index >= 15 is 0 Å². The Bertz CT molecular complexity index is 776. The summed E-state index contributed by atoms with van der Waals surface area (Å²) in [7, 11) is 0. The van der Waals surface area contributed by atoms with Gasteiger partial charge in [-0.25, -0.2) is 4.98 Å². The minimum absolute atomic E-state index is 0. The van der Waals surface area contributed by atoms with E-state index in [9.17, 15) is 9.90 Å². The molecule has 0 aliphatic heterocycles. The number of carbonyl (C=O) groups excluding carboxylic acids is 1. The number of hydrogen-bond donors (Lipinski definition) is 0. The first kappa shape index (κ1) is 21.3. The average molecular weight is 413 g/mol. The molecule has 2 aliphatic carbocycles. The predicted octanol–water partition coefficient (Wildman–Crippen LogP) is 0.821. The molecule has 0 N–H and O–H groups in total. The number of carbonyl (C=O) groups is 1. The monoisotopic (exact) mass is 412 g/mol. The fourth-order valence-corrected chi connectivity index (χ4v) is 6.44. The van der Waals surface area contributed by atoms with Crippen molar-refractivity contribution in [2.45, 2.75) is 57.9 Å². The van der Waals surface area contributed by atoms with E-state index in [1.165, 1.54) is 41.1 Å². The Morgan fingerprint density at radius 2 is 2.11 bits per heavy atom. The van der Waals surface area contributed by atoms with Gasteiger partial charge in [0, 0.05) is 40.0 Å². The number of carboxylic acids is 1. The Labute approximate surface area is 191 Å². The summed E-state index contributed by atoms with van der Waals surface area (Å²) in [5, 5.41) is 14.1. The van der Waals surface area contributed by atoms with Gasteiger partial charge in [-0.05, 0) is 49.7 Å². The van der Waals surface area contributed by atoms with Crippen molar-refractivity contribution in [1.29, 1.82) is 0 Å². The Hall–Kier alpha value is -0.400. The number of anilines is 1. The number of carboxylic acid groups (broad SMARTS) is 1. The number of aryl methyl sites for hydroxylation is 1. The smallest absolute Gasteiger partial charge is 0.550 e. The minimum Gasteiger partial charge on any atom is -0.550 e. The van der Waals surface area contributed by atoms with Gasteiger partial charge in [0.2, 0.25) is 0 Å². The molecule has 2 bridgehead atoms. The van der Waals surface area contributed by atoms with Gasteiger partial charge in [-0.15, -0.1) is 22.7 Å². The van der Waals surface area contributed by atoms with Gasteiger partial charge in [-0.2, -0.15) is 0 Å². The zero-order chi connectivity index (χ0) is 18.1. The van der Waals surface area contributed by atoms with Gasteiger partial charge in [0.05, 0.1) is 12.2 Å². The van der Waals surface area contributed by atoms with Crippen molar-refractivity contribution in [1.82, 2.24) is 4.98 Å². The molecule has 2 saturated carbocycles. The largest absolute Gasteiger partial charge is 1.00 e. The maximum Gasteiger partial charge on any atom is 1.00 e. The molecular formula is C20H25N2NaO2S2. The van der Waals surface area contributed by atoms with Crippen molar-refractivity contribution in [2.75, 3.05) is 11.4 Å². The van der Waals surface area contributed by atoms with E-state index < -0.39 is 5.97 Å². The zero-order valence-electron chi connectivity index (χ0n) is 16.1. The van der Waals surface area contributed by atoms with Gasteiger partial charge in [-0.1, -0.05) is 13.3 Å². The summed E-state index contributed by atoms with van der Waals surface area (Å²) in [6.07, 6.45) is 6.49. The molecule has 7 heteroatoms. The first-order chi connectivity index (χ1) is 12.6. The number of aliphatic carboxylic acids is 1. The third-order valence-electron chi connectivity index (χ3n) is 5.90. The first-order valence-electron chi connectivity index (χ1n) is 9.60. The molecule has 4 nitrogen and oxygen atoms in total. The zero-order valence-corrected chi connectivity index (χ0v) is 19.8. The third kappa shape index (κ3) is 4.96. The summed E-state index contributed by atoms with van der Waals surface area (Å²) >= 11 is 3.47. The number of thiophene rings is 1. The molecule has 2 fully saturated rings. The van der Waals surface area contributed by atoms with Crippen LogP contribution in [0.5, 0.6) is 0 Å². The fourth-order valence-electron chi connectivity index (χ4n) is 4.55. The summed E-state index contributed by atoms with van der Waals surface area (Å²) in [4.78, 5) is 20.7. The molecule has 2 aliphatic rings. The van der Waals surface area contributed by atoms with E-state index in [2.05, 4.69) is 29.3 Å². The van der Waals surface area contributed by atoms with E-state index in [0.29, 0.717) is 12.5 Å². The van der Waals surface area contributed by atoms with Gasteiger partial charge in [-0.3, -0.25) is 0 Å². The van der Waals surface area contributed by atoms with Gasteiger partial charge in [0.1, 0.15) is 0 Å². The molecule has 0 saturated heterocycles. The van der Waals surface area contributed by atoms with Gasteiger partial charge < -0.3 is 14.8 Å². The maximum absolute atomic E-state index is 11.0. The second-order valence-electron chi connectivity index (χ2n) is 7.60. The van der Waals surface area contributed by atoms with E-state index in [1.54, 1.807) is 22.7 Å². The summed E-state index contributed by atoms with van der Waals surface area (Å²) in [6, 6.07) is 4.32. The third-order valence-corrected chi connectivity index (χ3v) is 8.03. The molecule has 0 spiro atoms. The molecule has 27 heavy (non-hydrogen) atoms. The summed E-state index contributed by atoms with van der Waals surface area (Å²) < 4.78 is 0. The molecular weight excluding hydrogens is 387 g/mol. The summed E-state index contributed by atoms with van der Waals surface area (Å²) in [5.74, 6) is 1.34. The minimum atomic E-state index is -1.000. The molecule has 0 radical (unpaired) electrons. The van der Waals surface area contributed by atoms with Crippen LogP contribution in [0.25, 0.3) is 0 Å². The number of rotatable bonds is 8. The molecule has 2 aromatic heterocycles. The molecule has 2 aromatic rings. The van der Waals surface area contributed by atoms with Crippen molar-refractivity contribution in [2.24, 2.45) is 11.8 Å². The van der Waals surface area contributed by atoms with Crippen LogP contribution in [0.2, 0.25) is 0 Å². The van der Waals surface area contributed by atoms with Crippen LogP contribution < -0.4 is 39.6 Å². The standard InChI is InChI=1S/C20H26N2O2S2.Na/c1-2-15-5-6-16(26-15)11-22(8-7-19(23)24)20-21-18(12-25-20)17-10-13-3-4-14(17)9-13;/h5-6,12-14,17H,2-4,7-11H2,1H3,(H,23,24);/q;+1/p-1. The van der Waals surface area contributed by atoms with Crippen molar-refractivity contribution >= 4 is 33.8 Å². The molecule has 3 atom stereocenters. The predicted molar refractivity (Wildman–Crippen MR) is 105 cm³/mol. The molecule has 2 heterocycles. The van der Waals surface area contributed by atoms with E-state index in [1.807, 2.05) is 0 Å².